The second kappa shape index (κ2) is 9.81. The Morgan fingerprint density at radius 1 is 0.560 bits per heavy atom. The van der Waals surface area contributed by atoms with E-state index in [0.29, 0.717) is 13.2 Å². The summed E-state index contributed by atoms with van der Waals surface area (Å²) in [7, 11) is 6.63. The molecule has 7 heteroatoms. The molecule has 2 aromatic carbocycles. The molecule has 0 unspecified atom stereocenters. The number of hydrogen-bond acceptors (Lipinski definition) is 6. The fraction of sp³-hybridized carbons (Fsp3) is 0.333. The Bertz CT molecular complexity index is 575. The number of methoxy groups -OCH3 is 4. The fourth-order valence-corrected chi connectivity index (χ4v) is 2.28. The van der Waals surface area contributed by atoms with E-state index in [1.54, 1.807) is 28.4 Å². The lowest BCUT2D eigenvalue weighted by Crippen LogP contribution is -2.05. The van der Waals surface area contributed by atoms with Crippen LogP contribution in [0.5, 0.6) is 23.0 Å². The third-order valence-corrected chi connectivity index (χ3v) is 3.53. The van der Waals surface area contributed by atoms with Crippen LogP contribution in [0.4, 0.5) is 0 Å². The Balaban J connectivity index is 1.82. The first-order valence-corrected chi connectivity index (χ1v) is 7.78. The van der Waals surface area contributed by atoms with E-state index < -0.39 is 0 Å². The van der Waals surface area contributed by atoms with Gasteiger partial charge in [0.25, 0.3) is 0 Å². The van der Waals surface area contributed by atoms with Crippen LogP contribution in [0.15, 0.2) is 36.4 Å². The standard InChI is InChI=1S/C18H23BO6/c1-20-15-5-13(6-16(9-15)21-2)11-24-19-25-12-14-7-17(22-3)10-18(8-14)23-4/h5-10,19H,11-12H2,1-4H3. The van der Waals surface area contributed by atoms with E-state index in [4.69, 9.17) is 28.3 Å². The van der Waals surface area contributed by atoms with Gasteiger partial charge < -0.3 is 28.3 Å². The summed E-state index contributed by atoms with van der Waals surface area (Å²) in [5, 5.41) is 0. The van der Waals surface area contributed by atoms with Crippen molar-refractivity contribution in [2.75, 3.05) is 28.4 Å². The van der Waals surface area contributed by atoms with Gasteiger partial charge in [-0.05, 0) is 35.4 Å². The molecule has 0 saturated heterocycles. The molecule has 0 aliphatic carbocycles. The van der Waals surface area contributed by atoms with Crippen LogP contribution in [0, 0.1) is 0 Å². The van der Waals surface area contributed by atoms with Crippen molar-refractivity contribution in [2.45, 2.75) is 13.2 Å². The van der Waals surface area contributed by atoms with E-state index in [9.17, 15) is 0 Å². The minimum Gasteiger partial charge on any atom is -0.497 e. The Morgan fingerprint density at radius 3 is 1.16 bits per heavy atom. The van der Waals surface area contributed by atoms with E-state index >= 15 is 0 Å². The summed E-state index contributed by atoms with van der Waals surface area (Å²) in [5.74, 6) is 2.90. The molecule has 0 fully saturated rings. The minimum absolute atomic E-state index is 0.166. The molecule has 0 saturated carbocycles. The zero-order chi connectivity index (χ0) is 18.1. The highest BCUT2D eigenvalue weighted by molar-refractivity contribution is 6.17. The molecule has 0 aromatic heterocycles. The van der Waals surface area contributed by atoms with Crippen LogP contribution in [-0.4, -0.2) is 36.1 Å². The van der Waals surface area contributed by atoms with Crippen molar-refractivity contribution in [1.82, 2.24) is 0 Å². The maximum absolute atomic E-state index is 5.56. The van der Waals surface area contributed by atoms with Crippen LogP contribution in [0.1, 0.15) is 11.1 Å². The molecule has 134 valence electrons. The highest BCUT2D eigenvalue weighted by Crippen LogP contribution is 2.24. The highest BCUT2D eigenvalue weighted by Gasteiger charge is 2.05. The Hall–Kier alpha value is -2.38. The van der Waals surface area contributed by atoms with Crippen molar-refractivity contribution in [3.05, 3.63) is 47.5 Å². The Labute approximate surface area is 148 Å². The van der Waals surface area contributed by atoms with Crippen molar-refractivity contribution < 1.29 is 28.3 Å². The molecule has 0 amide bonds. The third-order valence-electron chi connectivity index (χ3n) is 3.53. The molecule has 0 bridgehead atoms. The van der Waals surface area contributed by atoms with Crippen LogP contribution >= 0.6 is 0 Å². The van der Waals surface area contributed by atoms with Gasteiger partial charge in [0.05, 0.1) is 41.7 Å². The van der Waals surface area contributed by atoms with E-state index in [1.165, 1.54) is 0 Å². The summed E-state index contributed by atoms with van der Waals surface area (Å²) < 4.78 is 32.1. The van der Waals surface area contributed by atoms with Gasteiger partial charge >= 0.3 is 7.69 Å². The largest absolute Gasteiger partial charge is 0.497 e. The average Bonchev–Trinajstić information content (AvgIpc) is 2.66. The molecule has 25 heavy (non-hydrogen) atoms. The minimum atomic E-state index is 0.166. The average molecular weight is 346 g/mol. The monoisotopic (exact) mass is 346 g/mol. The van der Waals surface area contributed by atoms with Gasteiger partial charge in [-0.25, -0.2) is 0 Å². The molecule has 0 aliphatic heterocycles. The SMILES string of the molecule is COc1cc(COBOCc2cc(OC)cc(OC)c2)cc(OC)c1. The molecule has 0 heterocycles. The van der Waals surface area contributed by atoms with Crippen molar-refractivity contribution in [3.8, 4) is 23.0 Å². The predicted octanol–water partition coefficient (Wildman–Crippen LogP) is 2.72. The zero-order valence-electron chi connectivity index (χ0n) is 15.0. The molecule has 0 aliphatic rings. The van der Waals surface area contributed by atoms with E-state index in [1.807, 2.05) is 36.4 Å². The summed E-state index contributed by atoms with van der Waals surface area (Å²) in [6.07, 6.45) is 0. The Morgan fingerprint density at radius 2 is 0.880 bits per heavy atom. The first-order chi connectivity index (χ1) is 12.2. The van der Waals surface area contributed by atoms with E-state index in [-0.39, 0.29) is 7.69 Å². The quantitative estimate of drug-likeness (QED) is 0.487. The molecule has 6 nitrogen and oxygen atoms in total. The maximum atomic E-state index is 5.56. The molecular weight excluding hydrogens is 323 g/mol. The van der Waals surface area contributed by atoms with Gasteiger partial charge in [-0.2, -0.15) is 0 Å². The lowest BCUT2D eigenvalue weighted by molar-refractivity contribution is 0.206. The zero-order valence-corrected chi connectivity index (χ0v) is 15.0. The molecule has 0 spiro atoms. The van der Waals surface area contributed by atoms with Gasteiger partial charge in [-0.3, -0.25) is 0 Å². The number of hydrogen-bond donors (Lipinski definition) is 0. The van der Waals surface area contributed by atoms with E-state index in [0.717, 1.165) is 34.1 Å². The first kappa shape index (κ1) is 19.0. The Kier molecular flexibility index (Phi) is 7.44. The lowest BCUT2D eigenvalue weighted by Gasteiger charge is -2.10. The van der Waals surface area contributed by atoms with Gasteiger partial charge in [0, 0.05) is 12.1 Å². The molecular formula is C18H23BO6. The second-order valence-corrected chi connectivity index (χ2v) is 5.26. The predicted molar refractivity (Wildman–Crippen MR) is 95.8 cm³/mol. The maximum Gasteiger partial charge on any atom is 0.438 e. The molecule has 0 N–H and O–H groups in total. The number of benzene rings is 2. The summed E-state index contributed by atoms with van der Waals surface area (Å²) in [5.41, 5.74) is 1.89. The van der Waals surface area contributed by atoms with Crippen molar-refractivity contribution in [3.63, 3.8) is 0 Å². The normalized spacial score (nSPS) is 10.2. The smallest absolute Gasteiger partial charge is 0.438 e. The van der Waals surface area contributed by atoms with E-state index in [2.05, 4.69) is 0 Å². The molecule has 0 radical (unpaired) electrons. The number of ether oxygens (including phenoxy) is 4. The van der Waals surface area contributed by atoms with Crippen molar-refractivity contribution in [2.24, 2.45) is 0 Å². The summed E-state index contributed by atoms with van der Waals surface area (Å²) in [6, 6.07) is 11.2. The van der Waals surface area contributed by atoms with Gasteiger partial charge in [0.2, 0.25) is 0 Å². The van der Waals surface area contributed by atoms with Crippen molar-refractivity contribution in [1.29, 1.82) is 0 Å². The molecule has 0 atom stereocenters. The van der Waals surface area contributed by atoms with Crippen LogP contribution in [-0.2, 0) is 22.5 Å². The molecule has 2 rings (SSSR count). The summed E-state index contributed by atoms with van der Waals surface area (Å²) in [4.78, 5) is 0. The van der Waals surface area contributed by atoms with Gasteiger partial charge in [0.15, 0.2) is 0 Å². The highest BCUT2D eigenvalue weighted by atomic mass is 16.6. The van der Waals surface area contributed by atoms with Crippen molar-refractivity contribution >= 4 is 7.69 Å². The summed E-state index contributed by atoms with van der Waals surface area (Å²) >= 11 is 0. The van der Waals surface area contributed by atoms with Gasteiger partial charge in [0.1, 0.15) is 23.0 Å². The van der Waals surface area contributed by atoms with Crippen LogP contribution in [0.25, 0.3) is 0 Å². The fourth-order valence-electron chi connectivity index (χ4n) is 2.28. The van der Waals surface area contributed by atoms with Crippen LogP contribution in [0.3, 0.4) is 0 Å². The van der Waals surface area contributed by atoms with Gasteiger partial charge in [-0.15, -0.1) is 0 Å². The lowest BCUT2D eigenvalue weighted by atomic mass is 10.2. The second-order valence-electron chi connectivity index (χ2n) is 5.26. The first-order valence-electron chi connectivity index (χ1n) is 7.78. The van der Waals surface area contributed by atoms with Crippen LogP contribution < -0.4 is 18.9 Å². The molecule has 2 aromatic rings. The van der Waals surface area contributed by atoms with Crippen LogP contribution in [0.2, 0.25) is 0 Å². The topological polar surface area (TPSA) is 55.4 Å². The number of rotatable bonds is 10. The third kappa shape index (κ3) is 5.88. The van der Waals surface area contributed by atoms with Gasteiger partial charge in [-0.1, -0.05) is 0 Å². The summed E-state index contributed by atoms with van der Waals surface area (Å²) in [6.45, 7) is 0.796.